The summed E-state index contributed by atoms with van der Waals surface area (Å²) in [6, 6.07) is 3.33. The summed E-state index contributed by atoms with van der Waals surface area (Å²) < 4.78 is 10.1. The SMILES string of the molecule is CCOC(=O)CCNC(=O)C(c1ccc(O)cc1)N(CC)C(=O)C(CCC(N)=O)NC(=O)OC(C)(C)C. The molecule has 0 aliphatic rings. The third kappa shape index (κ3) is 11.2. The van der Waals surface area contributed by atoms with Crippen LogP contribution in [0.4, 0.5) is 4.79 Å². The Balaban J connectivity index is 3.27. The Morgan fingerprint density at radius 3 is 2.19 bits per heavy atom. The number of hydrogen-bond donors (Lipinski definition) is 4. The van der Waals surface area contributed by atoms with Crippen LogP contribution in [0.5, 0.6) is 5.75 Å². The van der Waals surface area contributed by atoms with E-state index >= 15 is 0 Å². The standard InChI is InChI=1S/C25H38N4O8/c1-6-29(23(34)18(12-13-19(26)31)28-24(35)37-25(3,4)5)21(16-8-10-17(30)11-9-16)22(33)27-15-14-20(32)36-7-2/h8-11,18,21,30H,6-7,12-15H2,1-5H3,(H2,26,31)(H,27,33)(H,28,35). The molecule has 2 atom stereocenters. The number of phenolic OH excluding ortho intramolecular Hbond substituents is 1. The lowest BCUT2D eigenvalue weighted by molar-refractivity contribution is -0.144. The molecule has 2 unspecified atom stereocenters. The van der Waals surface area contributed by atoms with Crippen molar-refractivity contribution in [2.45, 2.75) is 71.6 Å². The molecule has 0 saturated carbocycles. The molecule has 0 radical (unpaired) electrons. The van der Waals surface area contributed by atoms with E-state index in [1.807, 2.05) is 0 Å². The first-order chi connectivity index (χ1) is 17.3. The number of likely N-dealkylation sites (N-methyl/N-ethyl adjacent to an activating group) is 1. The summed E-state index contributed by atoms with van der Waals surface area (Å²) >= 11 is 0. The van der Waals surface area contributed by atoms with Crippen molar-refractivity contribution in [3.8, 4) is 5.75 Å². The predicted molar refractivity (Wildman–Crippen MR) is 134 cm³/mol. The highest BCUT2D eigenvalue weighted by atomic mass is 16.6. The van der Waals surface area contributed by atoms with Crippen LogP contribution in [-0.4, -0.2) is 71.1 Å². The van der Waals surface area contributed by atoms with Gasteiger partial charge in [-0.25, -0.2) is 4.79 Å². The third-order valence-electron chi connectivity index (χ3n) is 4.99. The Hall–Kier alpha value is -3.83. The predicted octanol–water partition coefficient (Wildman–Crippen LogP) is 1.51. The minimum atomic E-state index is -1.21. The van der Waals surface area contributed by atoms with E-state index in [0.29, 0.717) is 5.56 Å². The average Bonchev–Trinajstić information content (AvgIpc) is 2.79. The number of rotatable bonds is 13. The molecule has 0 aliphatic heterocycles. The van der Waals surface area contributed by atoms with Gasteiger partial charge in [0.2, 0.25) is 17.7 Å². The molecule has 0 fully saturated rings. The smallest absolute Gasteiger partial charge is 0.408 e. The lowest BCUT2D eigenvalue weighted by Gasteiger charge is -2.33. The van der Waals surface area contributed by atoms with Crippen molar-refractivity contribution in [2.24, 2.45) is 5.73 Å². The van der Waals surface area contributed by atoms with E-state index in [9.17, 15) is 29.1 Å². The van der Waals surface area contributed by atoms with Crippen molar-refractivity contribution < 1.29 is 38.6 Å². The van der Waals surface area contributed by atoms with Crippen molar-refractivity contribution in [3.63, 3.8) is 0 Å². The van der Waals surface area contributed by atoms with Crippen LogP contribution in [-0.2, 0) is 28.7 Å². The van der Waals surface area contributed by atoms with Gasteiger partial charge in [-0.05, 0) is 58.7 Å². The Kier molecular flexibility index (Phi) is 12.4. The maximum Gasteiger partial charge on any atom is 0.408 e. The number of benzene rings is 1. The van der Waals surface area contributed by atoms with E-state index in [1.165, 1.54) is 29.2 Å². The van der Waals surface area contributed by atoms with Gasteiger partial charge in [0, 0.05) is 19.5 Å². The number of carbonyl (C=O) groups excluding carboxylic acids is 5. The van der Waals surface area contributed by atoms with E-state index in [1.54, 1.807) is 34.6 Å². The summed E-state index contributed by atoms with van der Waals surface area (Å²) in [6.07, 6.45) is -1.24. The first kappa shape index (κ1) is 31.2. The maximum absolute atomic E-state index is 13.6. The molecular weight excluding hydrogens is 484 g/mol. The molecule has 0 spiro atoms. The molecule has 1 rings (SSSR count). The molecule has 206 valence electrons. The molecule has 5 N–H and O–H groups in total. The van der Waals surface area contributed by atoms with Crippen LogP contribution in [0.25, 0.3) is 0 Å². The topological polar surface area (TPSA) is 177 Å². The Labute approximate surface area is 216 Å². The zero-order valence-electron chi connectivity index (χ0n) is 22.0. The summed E-state index contributed by atoms with van der Waals surface area (Å²) in [5.41, 5.74) is 4.81. The highest BCUT2D eigenvalue weighted by Gasteiger charge is 2.35. The first-order valence-corrected chi connectivity index (χ1v) is 12.1. The largest absolute Gasteiger partial charge is 0.508 e. The number of nitrogens with zero attached hydrogens (tertiary/aromatic N) is 1. The summed E-state index contributed by atoms with van der Waals surface area (Å²) in [7, 11) is 0. The Bertz CT molecular complexity index is 943. The molecule has 0 aliphatic carbocycles. The third-order valence-corrected chi connectivity index (χ3v) is 4.99. The van der Waals surface area contributed by atoms with Crippen molar-refractivity contribution in [1.82, 2.24) is 15.5 Å². The summed E-state index contributed by atoms with van der Waals surface area (Å²) in [5, 5.41) is 14.8. The second kappa shape index (κ2) is 14.7. The minimum absolute atomic E-state index is 0.0285. The lowest BCUT2D eigenvalue weighted by Crippen LogP contribution is -2.53. The molecule has 1 aromatic carbocycles. The van der Waals surface area contributed by atoms with Gasteiger partial charge in [-0.2, -0.15) is 0 Å². The number of esters is 1. The molecular formula is C25H38N4O8. The number of alkyl carbamates (subject to hydrolysis) is 1. The zero-order valence-corrected chi connectivity index (χ0v) is 22.0. The van der Waals surface area contributed by atoms with Crippen molar-refractivity contribution in [1.29, 1.82) is 0 Å². The van der Waals surface area contributed by atoms with Crippen LogP contribution < -0.4 is 16.4 Å². The van der Waals surface area contributed by atoms with Gasteiger partial charge in [-0.1, -0.05) is 12.1 Å². The monoisotopic (exact) mass is 522 g/mol. The van der Waals surface area contributed by atoms with Gasteiger partial charge in [-0.3, -0.25) is 19.2 Å². The number of carbonyl (C=O) groups is 5. The quantitative estimate of drug-likeness (QED) is 0.282. The highest BCUT2D eigenvalue weighted by Crippen LogP contribution is 2.25. The van der Waals surface area contributed by atoms with Crippen molar-refractivity contribution >= 4 is 29.8 Å². The Morgan fingerprint density at radius 2 is 1.68 bits per heavy atom. The van der Waals surface area contributed by atoms with Crippen LogP contribution in [0.2, 0.25) is 0 Å². The van der Waals surface area contributed by atoms with Crippen LogP contribution in [0.15, 0.2) is 24.3 Å². The van der Waals surface area contributed by atoms with Gasteiger partial charge in [0.05, 0.1) is 13.0 Å². The first-order valence-electron chi connectivity index (χ1n) is 12.1. The normalized spacial score (nSPS) is 12.6. The fourth-order valence-electron chi connectivity index (χ4n) is 3.41. The molecule has 0 saturated heterocycles. The zero-order chi connectivity index (χ0) is 28.2. The van der Waals surface area contributed by atoms with Gasteiger partial charge in [0.1, 0.15) is 23.4 Å². The fraction of sp³-hybridized carbons (Fsp3) is 0.560. The molecule has 1 aromatic rings. The molecule has 0 aromatic heterocycles. The fourth-order valence-corrected chi connectivity index (χ4v) is 3.41. The van der Waals surface area contributed by atoms with Crippen molar-refractivity contribution in [3.05, 3.63) is 29.8 Å². The van der Waals surface area contributed by atoms with E-state index in [-0.39, 0.29) is 44.7 Å². The summed E-state index contributed by atoms with van der Waals surface area (Å²) in [5.74, 6) is -2.42. The molecule has 4 amide bonds. The van der Waals surface area contributed by atoms with E-state index < -0.39 is 47.5 Å². The van der Waals surface area contributed by atoms with Gasteiger partial charge in [0.15, 0.2) is 0 Å². The van der Waals surface area contributed by atoms with Gasteiger partial charge >= 0.3 is 12.1 Å². The van der Waals surface area contributed by atoms with Crippen molar-refractivity contribution in [2.75, 3.05) is 19.7 Å². The molecule has 12 heteroatoms. The number of aromatic hydroxyl groups is 1. The second-order valence-corrected chi connectivity index (χ2v) is 9.17. The van der Waals surface area contributed by atoms with E-state index in [0.717, 1.165) is 0 Å². The number of nitrogens with one attached hydrogen (secondary N) is 2. The number of primary amides is 1. The van der Waals surface area contributed by atoms with Gasteiger partial charge in [-0.15, -0.1) is 0 Å². The van der Waals surface area contributed by atoms with Gasteiger partial charge < -0.3 is 35.8 Å². The van der Waals surface area contributed by atoms with E-state index in [4.69, 9.17) is 15.2 Å². The number of ether oxygens (including phenoxy) is 2. The highest BCUT2D eigenvalue weighted by molar-refractivity contribution is 5.92. The van der Waals surface area contributed by atoms with Crippen LogP contribution in [0.3, 0.4) is 0 Å². The number of phenols is 1. The lowest BCUT2D eigenvalue weighted by atomic mass is 10.0. The van der Waals surface area contributed by atoms with Crippen LogP contribution >= 0.6 is 0 Å². The molecule has 12 nitrogen and oxygen atoms in total. The number of amides is 4. The minimum Gasteiger partial charge on any atom is -0.508 e. The van der Waals surface area contributed by atoms with Crippen LogP contribution in [0.1, 0.15) is 65.5 Å². The molecule has 0 heterocycles. The van der Waals surface area contributed by atoms with E-state index in [2.05, 4.69) is 10.6 Å². The maximum atomic E-state index is 13.6. The Morgan fingerprint density at radius 1 is 1.05 bits per heavy atom. The van der Waals surface area contributed by atoms with Gasteiger partial charge in [0.25, 0.3) is 0 Å². The number of nitrogens with two attached hydrogens (primary N) is 1. The summed E-state index contributed by atoms with van der Waals surface area (Å²) in [6.45, 7) is 8.53. The summed E-state index contributed by atoms with van der Waals surface area (Å²) in [4.78, 5) is 63.7. The molecule has 0 bridgehead atoms. The molecule has 37 heavy (non-hydrogen) atoms. The average molecular weight is 523 g/mol. The number of hydrogen-bond acceptors (Lipinski definition) is 8. The van der Waals surface area contributed by atoms with Crippen LogP contribution in [0, 0.1) is 0 Å². The second-order valence-electron chi connectivity index (χ2n) is 9.17.